The quantitative estimate of drug-likeness (QED) is 0.690. The number of hydrogen-bond acceptors (Lipinski definition) is 1. The molecule has 0 saturated heterocycles. The monoisotopic (exact) mass is 289 g/mol. The van der Waals surface area contributed by atoms with Crippen molar-refractivity contribution in [3.8, 4) is 5.75 Å². The second kappa shape index (κ2) is 5.17. The lowest BCUT2D eigenvalue weighted by Crippen LogP contribution is -1.95. The van der Waals surface area contributed by atoms with Crippen LogP contribution in [-0.2, 0) is 13.7 Å². The van der Waals surface area contributed by atoms with Gasteiger partial charge in [-0.15, -0.1) is 0 Å². The highest BCUT2D eigenvalue weighted by Gasteiger charge is 2.08. The van der Waals surface area contributed by atoms with Gasteiger partial charge in [-0.25, -0.2) is 4.39 Å². The number of fused-ring (bicyclic) bond motifs is 1. The van der Waals surface area contributed by atoms with E-state index in [0.29, 0.717) is 17.4 Å². The van der Waals surface area contributed by atoms with Gasteiger partial charge in [-0.1, -0.05) is 17.7 Å². The molecule has 102 valence electrons. The van der Waals surface area contributed by atoms with Gasteiger partial charge in [0.05, 0.1) is 0 Å². The van der Waals surface area contributed by atoms with Crippen molar-refractivity contribution in [1.82, 2.24) is 4.57 Å². The molecule has 0 fully saturated rings. The molecule has 4 heteroatoms. The third kappa shape index (κ3) is 2.49. The van der Waals surface area contributed by atoms with Crippen LogP contribution in [0.4, 0.5) is 4.39 Å². The number of ether oxygens (including phenoxy) is 1. The molecule has 0 aliphatic heterocycles. The molecule has 0 saturated carbocycles. The van der Waals surface area contributed by atoms with E-state index in [9.17, 15) is 4.39 Å². The second-order valence-electron chi connectivity index (χ2n) is 4.67. The zero-order valence-electron chi connectivity index (χ0n) is 10.9. The number of hydrogen-bond donors (Lipinski definition) is 0. The molecule has 1 aromatic heterocycles. The van der Waals surface area contributed by atoms with Crippen molar-refractivity contribution in [2.24, 2.45) is 7.05 Å². The molecule has 2 aromatic carbocycles. The average Bonchev–Trinajstić information content (AvgIpc) is 2.73. The predicted molar refractivity (Wildman–Crippen MR) is 78.7 cm³/mol. The van der Waals surface area contributed by atoms with Gasteiger partial charge in [-0.05, 0) is 30.3 Å². The van der Waals surface area contributed by atoms with E-state index in [-0.39, 0.29) is 5.82 Å². The van der Waals surface area contributed by atoms with Crippen LogP contribution >= 0.6 is 11.6 Å². The van der Waals surface area contributed by atoms with Gasteiger partial charge in [-0.2, -0.15) is 0 Å². The summed E-state index contributed by atoms with van der Waals surface area (Å²) in [6.07, 6.45) is 2.00. The molecular weight excluding hydrogens is 277 g/mol. The Bertz CT molecular complexity index is 766. The number of aryl methyl sites for hydroxylation is 1. The predicted octanol–water partition coefficient (Wildman–Crippen LogP) is 4.55. The largest absolute Gasteiger partial charge is 0.489 e. The number of aromatic nitrogens is 1. The minimum absolute atomic E-state index is 0.302. The Kier molecular flexibility index (Phi) is 3.36. The maximum Gasteiger partial charge on any atom is 0.126 e. The minimum atomic E-state index is -0.302. The highest BCUT2D eigenvalue weighted by Crippen LogP contribution is 2.25. The Morgan fingerprint density at radius 3 is 2.85 bits per heavy atom. The molecule has 3 aromatic rings. The molecule has 0 spiro atoms. The van der Waals surface area contributed by atoms with E-state index in [1.54, 1.807) is 12.1 Å². The fraction of sp³-hybridized carbons (Fsp3) is 0.125. The average molecular weight is 290 g/mol. The van der Waals surface area contributed by atoms with E-state index in [0.717, 1.165) is 16.5 Å². The first-order valence-electron chi connectivity index (χ1n) is 6.25. The smallest absolute Gasteiger partial charge is 0.126 e. The van der Waals surface area contributed by atoms with Crippen molar-refractivity contribution >= 4 is 22.5 Å². The Labute approximate surface area is 121 Å². The van der Waals surface area contributed by atoms with Crippen molar-refractivity contribution in [2.75, 3.05) is 0 Å². The molecule has 0 aliphatic carbocycles. The van der Waals surface area contributed by atoms with Gasteiger partial charge < -0.3 is 9.30 Å². The Morgan fingerprint density at radius 2 is 2.05 bits per heavy atom. The van der Waals surface area contributed by atoms with Crippen LogP contribution in [-0.4, -0.2) is 4.57 Å². The van der Waals surface area contributed by atoms with E-state index in [1.165, 1.54) is 12.1 Å². The van der Waals surface area contributed by atoms with Crippen molar-refractivity contribution in [3.63, 3.8) is 0 Å². The van der Waals surface area contributed by atoms with Gasteiger partial charge in [0.1, 0.15) is 18.2 Å². The number of benzene rings is 2. The second-order valence-corrected chi connectivity index (χ2v) is 5.11. The third-order valence-electron chi connectivity index (χ3n) is 3.22. The van der Waals surface area contributed by atoms with Crippen LogP contribution in [0, 0.1) is 5.82 Å². The summed E-state index contributed by atoms with van der Waals surface area (Å²) >= 11 is 6.04. The van der Waals surface area contributed by atoms with Crippen LogP contribution in [0.1, 0.15) is 5.56 Å². The molecule has 0 N–H and O–H groups in total. The maximum atomic E-state index is 13.1. The minimum Gasteiger partial charge on any atom is -0.489 e. The molecule has 0 bridgehead atoms. The molecule has 20 heavy (non-hydrogen) atoms. The van der Waals surface area contributed by atoms with Crippen LogP contribution in [0.2, 0.25) is 5.02 Å². The summed E-state index contributed by atoms with van der Waals surface area (Å²) in [4.78, 5) is 0. The van der Waals surface area contributed by atoms with E-state index >= 15 is 0 Å². The number of nitrogens with zero attached hydrogens (tertiary/aromatic N) is 1. The van der Waals surface area contributed by atoms with Gasteiger partial charge in [0.25, 0.3) is 0 Å². The lowest BCUT2D eigenvalue weighted by atomic mass is 10.2. The summed E-state index contributed by atoms with van der Waals surface area (Å²) < 4.78 is 20.8. The normalized spacial score (nSPS) is 10.9. The zero-order chi connectivity index (χ0) is 14.1. The molecule has 1 heterocycles. The topological polar surface area (TPSA) is 14.2 Å². The zero-order valence-corrected chi connectivity index (χ0v) is 11.7. The van der Waals surface area contributed by atoms with Crippen molar-refractivity contribution < 1.29 is 9.13 Å². The van der Waals surface area contributed by atoms with E-state index in [1.807, 2.05) is 36.0 Å². The molecule has 0 aliphatic rings. The molecule has 0 unspecified atom stereocenters. The highest BCUT2D eigenvalue weighted by atomic mass is 35.5. The van der Waals surface area contributed by atoms with Crippen LogP contribution in [0.5, 0.6) is 5.75 Å². The lowest BCUT2D eigenvalue weighted by Gasteiger charge is -2.05. The Balaban J connectivity index is 1.89. The van der Waals surface area contributed by atoms with E-state index in [2.05, 4.69) is 0 Å². The molecule has 0 atom stereocenters. The van der Waals surface area contributed by atoms with Crippen molar-refractivity contribution in [3.05, 3.63) is 65.1 Å². The van der Waals surface area contributed by atoms with Crippen molar-refractivity contribution in [1.29, 1.82) is 0 Å². The summed E-state index contributed by atoms with van der Waals surface area (Å²) in [5, 5.41) is 1.74. The van der Waals surface area contributed by atoms with Crippen LogP contribution < -0.4 is 4.74 Å². The molecule has 2 nitrogen and oxygen atoms in total. The molecular formula is C16H13ClFNO. The number of halogens is 2. The van der Waals surface area contributed by atoms with E-state index < -0.39 is 0 Å². The summed E-state index contributed by atoms with van der Waals surface area (Å²) in [7, 11) is 1.97. The van der Waals surface area contributed by atoms with Gasteiger partial charge in [0, 0.05) is 40.8 Å². The highest BCUT2D eigenvalue weighted by molar-refractivity contribution is 6.31. The standard InChI is InChI=1S/C16H13ClFNO/c1-19-9-11(15-7-12(17)5-6-16(15)19)10-20-14-4-2-3-13(18)8-14/h2-9H,10H2,1H3. The number of rotatable bonds is 3. The first-order valence-corrected chi connectivity index (χ1v) is 6.63. The fourth-order valence-corrected chi connectivity index (χ4v) is 2.45. The van der Waals surface area contributed by atoms with Crippen LogP contribution in [0.3, 0.4) is 0 Å². The Hall–Kier alpha value is -2.00. The fourth-order valence-electron chi connectivity index (χ4n) is 2.28. The maximum absolute atomic E-state index is 13.1. The first kappa shape index (κ1) is 13.0. The van der Waals surface area contributed by atoms with Crippen LogP contribution in [0.25, 0.3) is 10.9 Å². The SMILES string of the molecule is Cn1cc(COc2cccc(F)c2)c2cc(Cl)ccc21. The van der Waals surface area contributed by atoms with Gasteiger partial charge in [0.2, 0.25) is 0 Å². The summed E-state index contributed by atoms with van der Waals surface area (Å²) in [6, 6.07) is 11.9. The summed E-state index contributed by atoms with van der Waals surface area (Å²) in [5.74, 6) is 0.215. The van der Waals surface area contributed by atoms with Gasteiger partial charge in [0.15, 0.2) is 0 Å². The molecule has 3 rings (SSSR count). The summed E-state index contributed by atoms with van der Waals surface area (Å²) in [5.41, 5.74) is 2.11. The summed E-state index contributed by atoms with van der Waals surface area (Å²) in [6.45, 7) is 0.376. The van der Waals surface area contributed by atoms with Crippen molar-refractivity contribution in [2.45, 2.75) is 6.61 Å². The Morgan fingerprint density at radius 1 is 1.20 bits per heavy atom. The third-order valence-corrected chi connectivity index (χ3v) is 3.46. The lowest BCUT2D eigenvalue weighted by molar-refractivity contribution is 0.306. The molecule has 0 amide bonds. The van der Waals surface area contributed by atoms with Gasteiger partial charge in [-0.3, -0.25) is 0 Å². The van der Waals surface area contributed by atoms with E-state index in [4.69, 9.17) is 16.3 Å². The molecule has 0 radical (unpaired) electrons. The van der Waals surface area contributed by atoms with Gasteiger partial charge >= 0.3 is 0 Å². The first-order chi connectivity index (χ1) is 9.63. The van der Waals surface area contributed by atoms with Crippen LogP contribution in [0.15, 0.2) is 48.7 Å².